The standard InChI is InChI=1S/C13H21NO2S/c1-3-13(10-14,12(15)16-4-2)8-7-11-6-5-9-17-11/h5-6,9H,3-4,7-8,10,14H2,1-2H3. The highest BCUT2D eigenvalue weighted by Gasteiger charge is 2.36. The molecule has 1 aromatic heterocycles. The highest BCUT2D eigenvalue weighted by molar-refractivity contribution is 7.09. The fourth-order valence-electron chi connectivity index (χ4n) is 1.85. The van der Waals surface area contributed by atoms with Gasteiger partial charge in [-0.25, -0.2) is 0 Å². The zero-order chi connectivity index (χ0) is 12.7. The van der Waals surface area contributed by atoms with E-state index >= 15 is 0 Å². The third-order valence-corrected chi connectivity index (χ3v) is 4.14. The maximum atomic E-state index is 12.0. The Kier molecular flexibility index (Phi) is 5.65. The van der Waals surface area contributed by atoms with Crippen LogP contribution >= 0.6 is 11.3 Å². The molecule has 1 heterocycles. The van der Waals surface area contributed by atoms with E-state index in [9.17, 15) is 4.79 Å². The summed E-state index contributed by atoms with van der Waals surface area (Å²) in [6.45, 7) is 4.60. The minimum absolute atomic E-state index is 0.151. The molecule has 1 atom stereocenters. The van der Waals surface area contributed by atoms with Gasteiger partial charge in [0.15, 0.2) is 0 Å². The molecule has 0 saturated heterocycles. The Morgan fingerprint density at radius 2 is 2.29 bits per heavy atom. The predicted octanol–water partition coefficient (Wildman–Crippen LogP) is 2.60. The van der Waals surface area contributed by atoms with Crippen LogP contribution in [0.3, 0.4) is 0 Å². The van der Waals surface area contributed by atoms with Crippen LogP contribution in [-0.4, -0.2) is 19.1 Å². The second-order valence-corrected chi connectivity index (χ2v) is 5.17. The van der Waals surface area contributed by atoms with E-state index < -0.39 is 5.41 Å². The van der Waals surface area contributed by atoms with Gasteiger partial charge < -0.3 is 10.5 Å². The highest BCUT2D eigenvalue weighted by atomic mass is 32.1. The van der Waals surface area contributed by atoms with Gasteiger partial charge in [0.25, 0.3) is 0 Å². The van der Waals surface area contributed by atoms with Crippen LogP contribution in [0.15, 0.2) is 17.5 Å². The Bertz CT molecular complexity index is 331. The average molecular weight is 255 g/mol. The lowest BCUT2D eigenvalue weighted by molar-refractivity contribution is -0.155. The maximum Gasteiger partial charge on any atom is 0.313 e. The third-order valence-electron chi connectivity index (χ3n) is 3.21. The Morgan fingerprint density at radius 1 is 1.53 bits per heavy atom. The molecule has 4 heteroatoms. The van der Waals surface area contributed by atoms with Gasteiger partial charge in [0.1, 0.15) is 0 Å². The van der Waals surface area contributed by atoms with Crippen molar-refractivity contribution in [1.82, 2.24) is 0 Å². The summed E-state index contributed by atoms with van der Waals surface area (Å²) in [4.78, 5) is 13.3. The van der Waals surface area contributed by atoms with Gasteiger partial charge in [-0.15, -0.1) is 11.3 Å². The number of thiophene rings is 1. The van der Waals surface area contributed by atoms with Crippen LogP contribution in [0.25, 0.3) is 0 Å². The van der Waals surface area contributed by atoms with Crippen molar-refractivity contribution in [2.24, 2.45) is 11.1 Å². The third kappa shape index (κ3) is 3.54. The first-order valence-corrected chi connectivity index (χ1v) is 6.96. The number of esters is 1. The van der Waals surface area contributed by atoms with E-state index in [0.29, 0.717) is 13.2 Å². The number of carbonyl (C=O) groups is 1. The van der Waals surface area contributed by atoms with E-state index in [1.54, 1.807) is 11.3 Å². The van der Waals surface area contributed by atoms with Crippen LogP contribution < -0.4 is 5.73 Å². The highest BCUT2D eigenvalue weighted by Crippen LogP contribution is 2.29. The predicted molar refractivity (Wildman–Crippen MR) is 71.1 cm³/mol. The topological polar surface area (TPSA) is 52.3 Å². The molecule has 0 radical (unpaired) electrons. The molecular formula is C13H21NO2S. The van der Waals surface area contributed by atoms with E-state index in [1.807, 2.05) is 19.9 Å². The molecule has 17 heavy (non-hydrogen) atoms. The van der Waals surface area contributed by atoms with Gasteiger partial charge in [0, 0.05) is 11.4 Å². The minimum atomic E-state index is -0.514. The molecule has 0 amide bonds. The van der Waals surface area contributed by atoms with Gasteiger partial charge in [-0.1, -0.05) is 13.0 Å². The van der Waals surface area contributed by atoms with Crippen molar-refractivity contribution in [3.05, 3.63) is 22.4 Å². The molecule has 0 fully saturated rings. The Hall–Kier alpha value is -0.870. The van der Waals surface area contributed by atoms with Gasteiger partial charge >= 0.3 is 5.97 Å². The van der Waals surface area contributed by atoms with E-state index in [2.05, 4.69) is 11.4 Å². The van der Waals surface area contributed by atoms with Gasteiger partial charge in [-0.3, -0.25) is 4.79 Å². The van der Waals surface area contributed by atoms with Gasteiger partial charge in [0.2, 0.25) is 0 Å². The van der Waals surface area contributed by atoms with Crippen molar-refractivity contribution in [2.75, 3.05) is 13.2 Å². The molecule has 0 spiro atoms. The van der Waals surface area contributed by atoms with Crippen molar-refractivity contribution in [1.29, 1.82) is 0 Å². The molecule has 2 N–H and O–H groups in total. The summed E-state index contributed by atoms with van der Waals surface area (Å²) < 4.78 is 5.14. The molecule has 3 nitrogen and oxygen atoms in total. The fourth-order valence-corrected chi connectivity index (χ4v) is 2.56. The fraction of sp³-hybridized carbons (Fsp3) is 0.615. The second kappa shape index (κ2) is 6.77. The lowest BCUT2D eigenvalue weighted by atomic mass is 9.80. The molecule has 0 aliphatic rings. The molecule has 1 aromatic rings. The normalized spacial score (nSPS) is 14.3. The Balaban J connectivity index is 2.67. The molecule has 0 saturated carbocycles. The van der Waals surface area contributed by atoms with E-state index in [-0.39, 0.29) is 5.97 Å². The second-order valence-electron chi connectivity index (χ2n) is 4.14. The molecule has 1 rings (SSSR count). The summed E-state index contributed by atoms with van der Waals surface area (Å²) in [6, 6.07) is 4.12. The average Bonchev–Trinajstić information content (AvgIpc) is 2.84. The quantitative estimate of drug-likeness (QED) is 0.762. The van der Waals surface area contributed by atoms with E-state index in [1.165, 1.54) is 4.88 Å². The van der Waals surface area contributed by atoms with Crippen molar-refractivity contribution >= 4 is 17.3 Å². The van der Waals surface area contributed by atoms with Crippen LogP contribution in [-0.2, 0) is 16.0 Å². The molecule has 0 aliphatic carbocycles. The number of hydrogen-bond donors (Lipinski definition) is 1. The van der Waals surface area contributed by atoms with Crippen LogP contribution in [0, 0.1) is 5.41 Å². The van der Waals surface area contributed by atoms with Crippen LogP contribution in [0.1, 0.15) is 31.6 Å². The van der Waals surface area contributed by atoms with Gasteiger partial charge in [-0.2, -0.15) is 0 Å². The smallest absolute Gasteiger partial charge is 0.313 e. The first-order valence-electron chi connectivity index (χ1n) is 6.08. The number of aryl methyl sites for hydroxylation is 1. The van der Waals surface area contributed by atoms with E-state index in [4.69, 9.17) is 10.5 Å². The summed E-state index contributed by atoms with van der Waals surface area (Å²) in [7, 11) is 0. The number of hydrogen-bond acceptors (Lipinski definition) is 4. The first kappa shape index (κ1) is 14.2. The summed E-state index contributed by atoms with van der Waals surface area (Å²) in [5, 5.41) is 2.05. The van der Waals surface area contributed by atoms with Gasteiger partial charge in [-0.05, 0) is 37.6 Å². The van der Waals surface area contributed by atoms with E-state index in [0.717, 1.165) is 19.3 Å². The monoisotopic (exact) mass is 255 g/mol. The summed E-state index contributed by atoms with van der Waals surface area (Å²) in [6.07, 6.45) is 2.38. The van der Waals surface area contributed by atoms with Crippen LogP contribution in [0.5, 0.6) is 0 Å². The zero-order valence-corrected chi connectivity index (χ0v) is 11.4. The molecule has 0 aliphatic heterocycles. The molecular weight excluding hydrogens is 234 g/mol. The lowest BCUT2D eigenvalue weighted by Crippen LogP contribution is -2.40. The number of nitrogens with two attached hydrogens (primary N) is 1. The molecule has 0 bridgehead atoms. The Labute approximate surface area is 107 Å². The van der Waals surface area contributed by atoms with Crippen molar-refractivity contribution in [2.45, 2.75) is 33.1 Å². The maximum absolute atomic E-state index is 12.0. The van der Waals surface area contributed by atoms with Gasteiger partial charge in [0.05, 0.1) is 12.0 Å². The summed E-state index contributed by atoms with van der Waals surface area (Å²) >= 11 is 1.72. The number of ether oxygens (including phenoxy) is 1. The first-order chi connectivity index (χ1) is 8.18. The van der Waals surface area contributed by atoms with Crippen LogP contribution in [0.2, 0.25) is 0 Å². The lowest BCUT2D eigenvalue weighted by Gasteiger charge is -2.28. The Morgan fingerprint density at radius 3 is 2.76 bits per heavy atom. The minimum Gasteiger partial charge on any atom is -0.466 e. The number of carbonyl (C=O) groups excluding carboxylic acids is 1. The van der Waals surface area contributed by atoms with Crippen molar-refractivity contribution < 1.29 is 9.53 Å². The summed E-state index contributed by atoms with van der Waals surface area (Å²) in [5.74, 6) is -0.151. The SMILES string of the molecule is CCOC(=O)C(CC)(CN)CCc1cccs1. The van der Waals surface area contributed by atoms with Crippen LogP contribution in [0.4, 0.5) is 0 Å². The largest absolute Gasteiger partial charge is 0.466 e. The zero-order valence-electron chi connectivity index (χ0n) is 10.6. The van der Waals surface area contributed by atoms with Crippen molar-refractivity contribution in [3.63, 3.8) is 0 Å². The number of rotatable bonds is 7. The molecule has 0 aromatic carbocycles. The molecule has 96 valence electrons. The van der Waals surface area contributed by atoms with Crippen molar-refractivity contribution in [3.8, 4) is 0 Å². The summed E-state index contributed by atoms with van der Waals surface area (Å²) in [5.41, 5.74) is 5.28. The molecule has 1 unspecified atom stereocenters.